The Labute approximate surface area is 249 Å². The van der Waals surface area contributed by atoms with Gasteiger partial charge in [0, 0.05) is 12.8 Å². The van der Waals surface area contributed by atoms with Crippen LogP contribution in [0.4, 0.5) is 0 Å². The zero-order chi connectivity index (χ0) is 28.8. The molecule has 4 aliphatic rings. The Morgan fingerprint density at radius 1 is 0.875 bits per heavy atom. The molecule has 0 unspecified atom stereocenters. The van der Waals surface area contributed by atoms with Crippen LogP contribution in [0.5, 0.6) is 0 Å². The van der Waals surface area contributed by atoms with Crippen molar-refractivity contribution in [2.75, 3.05) is 0 Å². The molecular formula is C38H66O2. The second-order valence-electron chi connectivity index (χ2n) is 15.9. The Hall–Kier alpha value is -0.790. The molecule has 8 atom stereocenters. The second-order valence-corrected chi connectivity index (χ2v) is 15.9. The molecular weight excluding hydrogens is 488 g/mol. The van der Waals surface area contributed by atoms with Gasteiger partial charge in [0.05, 0.1) is 0 Å². The van der Waals surface area contributed by atoms with E-state index in [2.05, 4.69) is 47.6 Å². The van der Waals surface area contributed by atoms with E-state index >= 15 is 0 Å². The van der Waals surface area contributed by atoms with Crippen LogP contribution in [0.2, 0.25) is 0 Å². The van der Waals surface area contributed by atoms with Crippen molar-refractivity contribution in [2.24, 2.45) is 46.3 Å². The SMILES string of the molecule is CCCCCCCCCCC(=O)O[C@H]1CC[C@@]2(C)C(=CC[C@@H]3[C@H]4CC[C@@H]([C@H](C)CCCC(C)C)[C@@]4(C)CC[C@H]32)C1. The molecule has 0 amide bonds. The molecule has 0 radical (unpaired) electrons. The molecule has 4 rings (SSSR count). The molecule has 0 aliphatic heterocycles. The van der Waals surface area contributed by atoms with Crippen LogP contribution in [0.3, 0.4) is 0 Å². The average Bonchev–Trinajstić information content (AvgIpc) is 3.27. The monoisotopic (exact) mass is 555 g/mol. The third-order valence-corrected chi connectivity index (χ3v) is 12.8. The fourth-order valence-corrected chi connectivity index (χ4v) is 10.4. The first-order valence-corrected chi connectivity index (χ1v) is 18.1. The molecule has 0 N–H and O–H groups in total. The number of ether oxygens (including phenoxy) is 1. The number of esters is 1. The first-order chi connectivity index (χ1) is 19.2. The van der Waals surface area contributed by atoms with Gasteiger partial charge in [-0.25, -0.2) is 0 Å². The smallest absolute Gasteiger partial charge is 0.306 e. The van der Waals surface area contributed by atoms with E-state index in [4.69, 9.17) is 4.74 Å². The van der Waals surface area contributed by atoms with Crippen LogP contribution in [-0.4, -0.2) is 12.1 Å². The quantitative estimate of drug-likeness (QED) is 0.114. The lowest BCUT2D eigenvalue weighted by molar-refractivity contribution is -0.151. The van der Waals surface area contributed by atoms with Gasteiger partial charge in [-0.05, 0) is 97.7 Å². The zero-order valence-corrected chi connectivity index (χ0v) is 27.6. The molecule has 0 aromatic heterocycles. The Morgan fingerprint density at radius 2 is 1.60 bits per heavy atom. The summed E-state index contributed by atoms with van der Waals surface area (Å²) in [5.74, 6) is 5.34. The van der Waals surface area contributed by atoms with E-state index in [0.29, 0.717) is 17.3 Å². The molecule has 0 spiro atoms. The lowest BCUT2D eigenvalue weighted by Crippen LogP contribution is -2.51. The molecule has 0 heterocycles. The summed E-state index contributed by atoms with van der Waals surface area (Å²) in [6.07, 6.45) is 28.1. The van der Waals surface area contributed by atoms with Crippen molar-refractivity contribution in [1.82, 2.24) is 0 Å². The van der Waals surface area contributed by atoms with E-state index in [9.17, 15) is 4.79 Å². The molecule has 2 nitrogen and oxygen atoms in total. The van der Waals surface area contributed by atoms with Crippen LogP contribution in [0.1, 0.15) is 170 Å². The number of hydrogen-bond donors (Lipinski definition) is 0. The Morgan fingerprint density at radius 3 is 2.33 bits per heavy atom. The number of allylic oxidation sites excluding steroid dienone is 1. The number of unbranched alkanes of at least 4 members (excludes halogenated alkanes) is 7. The lowest BCUT2D eigenvalue weighted by atomic mass is 9.47. The minimum Gasteiger partial charge on any atom is -0.462 e. The highest BCUT2D eigenvalue weighted by atomic mass is 16.5. The van der Waals surface area contributed by atoms with Gasteiger partial charge in [-0.2, -0.15) is 0 Å². The van der Waals surface area contributed by atoms with Gasteiger partial charge >= 0.3 is 5.97 Å². The molecule has 40 heavy (non-hydrogen) atoms. The van der Waals surface area contributed by atoms with Crippen molar-refractivity contribution in [3.05, 3.63) is 11.6 Å². The fraction of sp³-hybridized carbons (Fsp3) is 0.921. The molecule has 2 heteroatoms. The van der Waals surface area contributed by atoms with Crippen LogP contribution >= 0.6 is 0 Å². The minimum absolute atomic E-state index is 0.0572. The summed E-state index contributed by atoms with van der Waals surface area (Å²) in [4.78, 5) is 12.7. The van der Waals surface area contributed by atoms with E-state index in [1.54, 1.807) is 5.57 Å². The highest BCUT2D eigenvalue weighted by molar-refractivity contribution is 5.69. The number of carbonyl (C=O) groups excluding carboxylic acids is 1. The summed E-state index contributed by atoms with van der Waals surface area (Å²) in [7, 11) is 0. The standard InChI is InChI=1S/C38H66O2/c1-7-8-9-10-11-12-13-14-18-36(39)40-31-23-25-37(5)30(27-31)19-20-32-34-22-21-33(29(4)17-15-16-28(2)3)38(34,6)26-24-35(32)37/h19,28-29,31-35H,7-18,20-27H2,1-6H3/t29-,31+,32-,33+,34-,35-,37+,38-/m1/s1. The first-order valence-electron chi connectivity index (χ1n) is 18.1. The van der Waals surface area contributed by atoms with Gasteiger partial charge in [-0.3, -0.25) is 4.79 Å². The maximum atomic E-state index is 12.7. The molecule has 0 saturated heterocycles. The summed E-state index contributed by atoms with van der Waals surface area (Å²) in [5.41, 5.74) is 2.54. The van der Waals surface area contributed by atoms with Crippen LogP contribution in [0.25, 0.3) is 0 Å². The van der Waals surface area contributed by atoms with Gasteiger partial charge in [-0.1, -0.05) is 117 Å². The maximum absolute atomic E-state index is 12.7. The highest BCUT2D eigenvalue weighted by Crippen LogP contribution is 2.67. The van der Waals surface area contributed by atoms with Crippen LogP contribution in [-0.2, 0) is 9.53 Å². The summed E-state index contributed by atoms with van der Waals surface area (Å²) in [6, 6.07) is 0. The topological polar surface area (TPSA) is 26.3 Å². The van der Waals surface area contributed by atoms with Crippen LogP contribution in [0.15, 0.2) is 11.6 Å². The summed E-state index contributed by atoms with van der Waals surface area (Å²) in [5, 5.41) is 0. The molecule has 3 fully saturated rings. The highest BCUT2D eigenvalue weighted by Gasteiger charge is 2.59. The van der Waals surface area contributed by atoms with Gasteiger partial charge in [0.15, 0.2) is 0 Å². The predicted molar refractivity (Wildman–Crippen MR) is 170 cm³/mol. The van der Waals surface area contributed by atoms with Crippen molar-refractivity contribution < 1.29 is 9.53 Å². The maximum Gasteiger partial charge on any atom is 0.306 e. The normalized spacial score (nSPS) is 36.0. The van der Waals surface area contributed by atoms with Gasteiger partial charge in [0.25, 0.3) is 0 Å². The van der Waals surface area contributed by atoms with Crippen molar-refractivity contribution in [2.45, 2.75) is 176 Å². The third-order valence-electron chi connectivity index (χ3n) is 12.8. The van der Waals surface area contributed by atoms with Gasteiger partial charge in [0.2, 0.25) is 0 Å². The summed E-state index contributed by atoms with van der Waals surface area (Å²) in [6.45, 7) is 14.9. The fourth-order valence-electron chi connectivity index (χ4n) is 10.4. The molecule has 3 saturated carbocycles. The van der Waals surface area contributed by atoms with E-state index in [-0.39, 0.29) is 12.1 Å². The van der Waals surface area contributed by atoms with Crippen LogP contribution in [0, 0.1) is 46.3 Å². The van der Waals surface area contributed by atoms with E-state index < -0.39 is 0 Å². The van der Waals surface area contributed by atoms with Gasteiger partial charge < -0.3 is 4.74 Å². The molecule has 230 valence electrons. The molecule has 0 bridgehead atoms. The van der Waals surface area contributed by atoms with Crippen molar-refractivity contribution in [3.63, 3.8) is 0 Å². The number of carbonyl (C=O) groups is 1. The van der Waals surface area contributed by atoms with E-state index in [0.717, 1.165) is 54.8 Å². The Balaban J connectivity index is 1.26. The first kappa shape index (κ1) is 32.1. The predicted octanol–water partition coefficient (Wildman–Crippen LogP) is 11.5. The Kier molecular flexibility index (Phi) is 11.7. The van der Waals surface area contributed by atoms with Gasteiger partial charge in [-0.15, -0.1) is 0 Å². The van der Waals surface area contributed by atoms with Gasteiger partial charge in [0.1, 0.15) is 6.10 Å². The average molecular weight is 555 g/mol. The molecule has 0 aromatic carbocycles. The number of fused-ring (bicyclic) bond motifs is 5. The van der Waals surface area contributed by atoms with E-state index in [1.807, 2.05) is 0 Å². The molecule has 4 aliphatic carbocycles. The van der Waals surface area contributed by atoms with Crippen LogP contribution < -0.4 is 0 Å². The van der Waals surface area contributed by atoms with Crippen molar-refractivity contribution in [1.29, 1.82) is 0 Å². The zero-order valence-electron chi connectivity index (χ0n) is 27.6. The summed E-state index contributed by atoms with van der Waals surface area (Å²) >= 11 is 0. The van der Waals surface area contributed by atoms with Crippen molar-refractivity contribution in [3.8, 4) is 0 Å². The number of rotatable bonds is 15. The van der Waals surface area contributed by atoms with E-state index in [1.165, 1.54) is 103 Å². The Bertz CT molecular complexity index is 827. The number of hydrogen-bond acceptors (Lipinski definition) is 2. The third kappa shape index (κ3) is 7.40. The largest absolute Gasteiger partial charge is 0.462 e. The second kappa shape index (κ2) is 14.6. The summed E-state index contributed by atoms with van der Waals surface area (Å²) < 4.78 is 6.07. The molecule has 0 aromatic rings. The lowest BCUT2D eigenvalue weighted by Gasteiger charge is -2.58. The minimum atomic E-state index is 0.0572. The van der Waals surface area contributed by atoms with Crippen molar-refractivity contribution >= 4 is 5.97 Å².